The molecule has 3 nitrogen and oxygen atoms in total. The number of hydrogen-bond donors (Lipinski definition) is 0. The van der Waals surface area contributed by atoms with E-state index in [1.807, 2.05) is 6.92 Å². The summed E-state index contributed by atoms with van der Waals surface area (Å²) in [7, 11) is 0. The Morgan fingerprint density at radius 2 is 1.88 bits per heavy atom. The van der Waals surface area contributed by atoms with Gasteiger partial charge in [-0.15, -0.1) is 0 Å². The molecule has 0 aromatic rings. The molecule has 0 aliphatic carbocycles. The van der Waals surface area contributed by atoms with Gasteiger partial charge in [0.05, 0.1) is 13.0 Å². The molecule has 0 aromatic heterocycles. The van der Waals surface area contributed by atoms with Gasteiger partial charge in [-0.1, -0.05) is 13.3 Å². The van der Waals surface area contributed by atoms with E-state index in [9.17, 15) is 4.79 Å². The fourth-order valence-electron chi connectivity index (χ4n) is 3.65. The number of fused-ring (bicyclic) bond motifs is 1. The average molecular weight is 239 g/mol. The summed E-state index contributed by atoms with van der Waals surface area (Å²) in [5, 5.41) is 0. The predicted molar refractivity (Wildman–Crippen MR) is 67.8 cm³/mol. The van der Waals surface area contributed by atoms with Crippen LogP contribution in [0.2, 0.25) is 0 Å². The largest absolute Gasteiger partial charge is 0.466 e. The zero-order chi connectivity index (χ0) is 12.3. The van der Waals surface area contributed by atoms with Gasteiger partial charge >= 0.3 is 5.97 Å². The van der Waals surface area contributed by atoms with Crippen LogP contribution in [0.25, 0.3) is 0 Å². The van der Waals surface area contributed by atoms with E-state index in [2.05, 4.69) is 11.8 Å². The Bertz CT molecular complexity index is 265. The number of ether oxygens (including phenoxy) is 1. The van der Waals surface area contributed by atoms with E-state index < -0.39 is 0 Å². The lowest BCUT2D eigenvalue weighted by molar-refractivity contribution is -0.144. The van der Waals surface area contributed by atoms with E-state index in [-0.39, 0.29) is 5.97 Å². The molecular formula is C14H25NO2. The van der Waals surface area contributed by atoms with Crippen LogP contribution in [0.1, 0.15) is 58.8 Å². The highest BCUT2D eigenvalue weighted by molar-refractivity contribution is 5.70. The molecule has 0 saturated carbocycles. The summed E-state index contributed by atoms with van der Waals surface area (Å²) in [6.07, 6.45) is 8.27. The van der Waals surface area contributed by atoms with Gasteiger partial charge in [0.1, 0.15) is 0 Å². The highest BCUT2D eigenvalue weighted by Crippen LogP contribution is 2.39. The van der Waals surface area contributed by atoms with Crippen molar-refractivity contribution in [3.8, 4) is 0 Å². The standard InChI is InChI=1S/C14H25NO2/c1-3-5-11-6-7-12-8-9-13(15(11)12)10-14(16)17-4-2/h11-13H,3-10H2,1-2H3/t11-,12-,13+/m0/s1. The van der Waals surface area contributed by atoms with Crippen LogP contribution in [-0.2, 0) is 9.53 Å². The molecule has 2 aliphatic rings. The van der Waals surface area contributed by atoms with Crippen LogP contribution in [0.3, 0.4) is 0 Å². The minimum Gasteiger partial charge on any atom is -0.466 e. The molecule has 2 aliphatic heterocycles. The number of nitrogens with zero attached hydrogens (tertiary/aromatic N) is 1. The van der Waals surface area contributed by atoms with Crippen molar-refractivity contribution in [2.24, 2.45) is 0 Å². The maximum Gasteiger partial charge on any atom is 0.307 e. The Kier molecular flexibility index (Phi) is 4.43. The van der Waals surface area contributed by atoms with E-state index in [0.717, 1.165) is 12.1 Å². The third-order valence-electron chi connectivity index (χ3n) is 4.26. The number of carbonyl (C=O) groups excluding carboxylic acids is 1. The molecule has 0 unspecified atom stereocenters. The lowest BCUT2D eigenvalue weighted by Gasteiger charge is -2.30. The molecule has 98 valence electrons. The quantitative estimate of drug-likeness (QED) is 0.691. The second kappa shape index (κ2) is 5.85. The number of esters is 1. The van der Waals surface area contributed by atoms with E-state index >= 15 is 0 Å². The summed E-state index contributed by atoms with van der Waals surface area (Å²) in [6, 6.07) is 1.94. The van der Waals surface area contributed by atoms with Gasteiger partial charge in [-0.3, -0.25) is 9.69 Å². The molecular weight excluding hydrogens is 214 g/mol. The van der Waals surface area contributed by atoms with Gasteiger partial charge < -0.3 is 4.74 Å². The van der Waals surface area contributed by atoms with Crippen molar-refractivity contribution in [2.45, 2.75) is 76.9 Å². The van der Waals surface area contributed by atoms with Crippen LogP contribution < -0.4 is 0 Å². The Morgan fingerprint density at radius 1 is 1.18 bits per heavy atom. The van der Waals surface area contributed by atoms with Gasteiger partial charge in [0.15, 0.2) is 0 Å². The van der Waals surface area contributed by atoms with Crippen molar-refractivity contribution in [3.63, 3.8) is 0 Å². The van der Waals surface area contributed by atoms with E-state index in [0.29, 0.717) is 19.1 Å². The van der Waals surface area contributed by atoms with Crippen LogP contribution in [0.4, 0.5) is 0 Å². The summed E-state index contributed by atoms with van der Waals surface area (Å²) in [5.74, 6) is -0.0136. The molecule has 0 N–H and O–H groups in total. The van der Waals surface area contributed by atoms with E-state index in [4.69, 9.17) is 4.74 Å². The first kappa shape index (κ1) is 12.9. The topological polar surface area (TPSA) is 29.5 Å². The zero-order valence-electron chi connectivity index (χ0n) is 11.2. The first-order chi connectivity index (χ1) is 8.26. The number of hydrogen-bond acceptors (Lipinski definition) is 3. The van der Waals surface area contributed by atoms with Crippen molar-refractivity contribution in [1.29, 1.82) is 0 Å². The molecule has 3 atom stereocenters. The summed E-state index contributed by atoms with van der Waals surface area (Å²) in [4.78, 5) is 14.2. The van der Waals surface area contributed by atoms with Crippen LogP contribution in [0.5, 0.6) is 0 Å². The second-order valence-electron chi connectivity index (χ2n) is 5.36. The number of rotatable bonds is 5. The molecule has 0 amide bonds. The zero-order valence-corrected chi connectivity index (χ0v) is 11.2. The van der Waals surface area contributed by atoms with E-state index in [1.165, 1.54) is 38.5 Å². The minimum atomic E-state index is -0.0136. The molecule has 2 rings (SSSR count). The third kappa shape index (κ3) is 2.82. The number of carbonyl (C=O) groups is 1. The van der Waals surface area contributed by atoms with Crippen molar-refractivity contribution >= 4 is 5.97 Å². The molecule has 0 spiro atoms. The molecule has 2 fully saturated rings. The highest BCUT2D eigenvalue weighted by atomic mass is 16.5. The highest BCUT2D eigenvalue weighted by Gasteiger charge is 2.42. The monoisotopic (exact) mass is 239 g/mol. The first-order valence-corrected chi connectivity index (χ1v) is 7.19. The van der Waals surface area contributed by atoms with Gasteiger partial charge in [0, 0.05) is 18.1 Å². The fourth-order valence-corrected chi connectivity index (χ4v) is 3.65. The predicted octanol–water partition coefficient (Wildman–Crippen LogP) is 2.74. The van der Waals surface area contributed by atoms with Crippen LogP contribution in [-0.4, -0.2) is 35.6 Å². The van der Waals surface area contributed by atoms with Crippen LogP contribution in [0.15, 0.2) is 0 Å². The summed E-state index contributed by atoms with van der Waals surface area (Å²) in [6.45, 7) is 4.64. The Morgan fingerprint density at radius 3 is 2.53 bits per heavy atom. The third-order valence-corrected chi connectivity index (χ3v) is 4.26. The van der Waals surface area contributed by atoms with Gasteiger partial charge in [-0.25, -0.2) is 0 Å². The van der Waals surface area contributed by atoms with Crippen LogP contribution >= 0.6 is 0 Å². The SMILES string of the molecule is CCC[C@H]1CC[C@H]2CC[C@H](CC(=O)OCC)N21. The Hall–Kier alpha value is -0.570. The van der Waals surface area contributed by atoms with Gasteiger partial charge in [0.2, 0.25) is 0 Å². The molecule has 0 radical (unpaired) electrons. The molecule has 2 heterocycles. The van der Waals surface area contributed by atoms with Crippen LogP contribution in [0, 0.1) is 0 Å². The lowest BCUT2D eigenvalue weighted by atomic mass is 10.0. The normalized spacial score (nSPS) is 32.7. The second-order valence-corrected chi connectivity index (χ2v) is 5.36. The smallest absolute Gasteiger partial charge is 0.307 e. The van der Waals surface area contributed by atoms with Crippen molar-refractivity contribution in [3.05, 3.63) is 0 Å². The maximum atomic E-state index is 11.6. The van der Waals surface area contributed by atoms with Crippen molar-refractivity contribution in [2.75, 3.05) is 6.61 Å². The van der Waals surface area contributed by atoms with Crippen molar-refractivity contribution in [1.82, 2.24) is 4.90 Å². The first-order valence-electron chi connectivity index (χ1n) is 7.19. The molecule has 3 heteroatoms. The molecule has 0 bridgehead atoms. The van der Waals surface area contributed by atoms with Gasteiger partial charge in [0.25, 0.3) is 0 Å². The van der Waals surface area contributed by atoms with Gasteiger partial charge in [-0.05, 0) is 39.0 Å². The summed E-state index contributed by atoms with van der Waals surface area (Å²) < 4.78 is 5.08. The van der Waals surface area contributed by atoms with Crippen molar-refractivity contribution < 1.29 is 9.53 Å². The minimum absolute atomic E-state index is 0.0136. The molecule has 0 aromatic carbocycles. The Balaban J connectivity index is 1.92. The Labute approximate surface area is 105 Å². The summed E-state index contributed by atoms with van der Waals surface area (Å²) >= 11 is 0. The molecule has 17 heavy (non-hydrogen) atoms. The summed E-state index contributed by atoms with van der Waals surface area (Å²) in [5.41, 5.74) is 0. The van der Waals surface area contributed by atoms with E-state index in [1.54, 1.807) is 0 Å². The lowest BCUT2D eigenvalue weighted by Crippen LogP contribution is -2.39. The van der Waals surface area contributed by atoms with Gasteiger partial charge in [-0.2, -0.15) is 0 Å². The fraction of sp³-hybridized carbons (Fsp3) is 0.929. The average Bonchev–Trinajstić information content (AvgIpc) is 2.84. The maximum absolute atomic E-state index is 11.6. The molecule has 2 saturated heterocycles.